The molecular weight excluding hydrogens is 257 g/mol. The third-order valence-corrected chi connectivity index (χ3v) is 2.23. The quantitative estimate of drug-likeness (QED) is 0.821. The van der Waals surface area contributed by atoms with Gasteiger partial charge in [0, 0.05) is 0 Å². The highest BCUT2D eigenvalue weighted by Crippen LogP contribution is 2.29. The number of hydrogen-bond acceptors (Lipinski definition) is 3. The first-order chi connectivity index (χ1) is 9.04. The number of alkyl halides is 3. The number of anilines is 2. The van der Waals surface area contributed by atoms with Gasteiger partial charge in [0.05, 0.1) is 11.4 Å². The first-order valence-electron chi connectivity index (χ1n) is 5.46. The molecule has 0 saturated heterocycles. The van der Waals surface area contributed by atoms with Crippen molar-refractivity contribution in [3.63, 3.8) is 0 Å². The molecule has 2 aromatic carbocycles. The zero-order valence-electron chi connectivity index (χ0n) is 9.74. The summed E-state index contributed by atoms with van der Waals surface area (Å²) in [4.78, 5) is 0. The molecule has 0 saturated carbocycles. The number of para-hydroxylation sites is 3. The van der Waals surface area contributed by atoms with Gasteiger partial charge in [-0.1, -0.05) is 30.3 Å². The molecular formula is C13H11F3N2O. The molecule has 2 aromatic rings. The van der Waals surface area contributed by atoms with E-state index in [1.807, 2.05) is 18.2 Å². The van der Waals surface area contributed by atoms with Gasteiger partial charge in [-0.15, -0.1) is 13.2 Å². The summed E-state index contributed by atoms with van der Waals surface area (Å²) < 4.78 is 40.6. The SMILES string of the molecule is FC(F)(F)Oc1ccccc1NNc1ccccc1. The van der Waals surface area contributed by atoms with Crippen molar-refractivity contribution in [2.24, 2.45) is 0 Å². The summed E-state index contributed by atoms with van der Waals surface area (Å²) in [5.74, 6) is -0.293. The maximum absolute atomic E-state index is 12.2. The standard InChI is InChI=1S/C13H11F3N2O/c14-13(15,16)19-12-9-5-4-8-11(12)18-17-10-6-2-1-3-7-10/h1-9,17-18H. The van der Waals surface area contributed by atoms with Crippen LogP contribution in [-0.2, 0) is 0 Å². The van der Waals surface area contributed by atoms with E-state index in [-0.39, 0.29) is 11.4 Å². The smallest absolute Gasteiger partial charge is 0.404 e. The zero-order valence-corrected chi connectivity index (χ0v) is 9.74. The van der Waals surface area contributed by atoms with Crippen molar-refractivity contribution in [3.05, 3.63) is 54.6 Å². The van der Waals surface area contributed by atoms with Crippen LogP contribution >= 0.6 is 0 Å². The molecule has 2 N–H and O–H groups in total. The van der Waals surface area contributed by atoms with Crippen LogP contribution in [0.25, 0.3) is 0 Å². The summed E-state index contributed by atoms with van der Waals surface area (Å²) in [6.07, 6.45) is -4.72. The van der Waals surface area contributed by atoms with E-state index in [4.69, 9.17) is 0 Å². The summed E-state index contributed by atoms with van der Waals surface area (Å²) >= 11 is 0. The Kier molecular flexibility index (Phi) is 3.79. The van der Waals surface area contributed by atoms with Gasteiger partial charge in [0.1, 0.15) is 0 Å². The number of nitrogens with one attached hydrogen (secondary N) is 2. The lowest BCUT2D eigenvalue weighted by Crippen LogP contribution is -2.19. The van der Waals surface area contributed by atoms with Gasteiger partial charge in [-0.05, 0) is 24.3 Å². The number of hydrazine groups is 1. The second kappa shape index (κ2) is 5.51. The molecule has 0 radical (unpaired) electrons. The first-order valence-corrected chi connectivity index (χ1v) is 5.46. The minimum absolute atomic E-state index is 0.198. The van der Waals surface area contributed by atoms with E-state index in [1.54, 1.807) is 18.2 Å². The number of benzene rings is 2. The summed E-state index contributed by atoms with van der Waals surface area (Å²) in [6.45, 7) is 0. The Morgan fingerprint density at radius 1 is 0.789 bits per heavy atom. The van der Waals surface area contributed by atoms with Crippen molar-refractivity contribution in [2.75, 3.05) is 10.9 Å². The van der Waals surface area contributed by atoms with Crippen LogP contribution in [0.15, 0.2) is 54.6 Å². The van der Waals surface area contributed by atoms with Gasteiger partial charge < -0.3 is 10.2 Å². The van der Waals surface area contributed by atoms with E-state index >= 15 is 0 Å². The number of halogens is 3. The second-order valence-electron chi connectivity index (χ2n) is 3.66. The molecule has 0 atom stereocenters. The third kappa shape index (κ3) is 4.09. The van der Waals surface area contributed by atoms with Crippen LogP contribution in [0.5, 0.6) is 5.75 Å². The average Bonchev–Trinajstić information content (AvgIpc) is 2.37. The summed E-state index contributed by atoms with van der Waals surface area (Å²) in [6, 6.07) is 14.8. The Morgan fingerprint density at radius 2 is 1.42 bits per heavy atom. The minimum Gasteiger partial charge on any atom is -0.404 e. The fraction of sp³-hybridized carbons (Fsp3) is 0.0769. The van der Waals surface area contributed by atoms with E-state index < -0.39 is 6.36 Å². The third-order valence-electron chi connectivity index (χ3n) is 2.23. The maximum Gasteiger partial charge on any atom is 0.573 e. The van der Waals surface area contributed by atoms with Crippen molar-refractivity contribution in [1.29, 1.82) is 0 Å². The van der Waals surface area contributed by atoms with E-state index in [0.29, 0.717) is 0 Å². The van der Waals surface area contributed by atoms with Gasteiger partial charge in [0.2, 0.25) is 0 Å². The van der Waals surface area contributed by atoms with Crippen molar-refractivity contribution in [3.8, 4) is 5.75 Å². The Bertz CT molecular complexity index is 529. The van der Waals surface area contributed by atoms with Crippen LogP contribution < -0.4 is 15.6 Å². The zero-order chi connectivity index (χ0) is 13.7. The van der Waals surface area contributed by atoms with Crippen LogP contribution in [0.2, 0.25) is 0 Å². The Labute approximate surface area is 108 Å². The van der Waals surface area contributed by atoms with E-state index in [1.165, 1.54) is 18.2 Å². The van der Waals surface area contributed by atoms with Crippen LogP contribution in [0.3, 0.4) is 0 Å². The van der Waals surface area contributed by atoms with Gasteiger partial charge >= 0.3 is 6.36 Å². The lowest BCUT2D eigenvalue weighted by atomic mass is 10.3. The van der Waals surface area contributed by atoms with E-state index in [0.717, 1.165) is 5.69 Å². The van der Waals surface area contributed by atoms with Crippen LogP contribution in [0.4, 0.5) is 24.5 Å². The van der Waals surface area contributed by atoms with E-state index in [9.17, 15) is 13.2 Å². The normalized spacial score (nSPS) is 10.9. The van der Waals surface area contributed by atoms with E-state index in [2.05, 4.69) is 15.6 Å². The van der Waals surface area contributed by atoms with Crippen LogP contribution in [-0.4, -0.2) is 6.36 Å². The van der Waals surface area contributed by atoms with Crippen molar-refractivity contribution in [2.45, 2.75) is 6.36 Å². The van der Waals surface area contributed by atoms with Crippen molar-refractivity contribution in [1.82, 2.24) is 0 Å². The van der Waals surface area contributed by atoms with Crippen molar-refractivity contribution < 1.29 is 17.9 Å². The maximum atomic E-state index is 12.2. The van der Waals surface area contributed by atoms with Crippen molar-refractivity contribution >= 4 is 11.4 Å². The monoisotopic (exact) mass is 268 g/mol. The molecule has 0 heterocycles. The second-order valence-corrected chi connectivity index (χ2v) is 3.66. The van der Waals surface area contributed by atoms with Crippen LogP contribution in [0, 0.1) is 0 Å². The topological polar surface area (TPSA) is 33.3 Å². The molecule has 0 spiro atoms. The molecule has 0 unspecified atom stereocenters. The molecule has 0 fully saturated rings. The molecule has 0 aliphatic rings. The number of hydrogen-bond donors (Lipinski definition) is 2. The molecule has 0 bridgehead atoms. The lowest BCUT2D eigenvalue weighted by molar-refractivity contribution is -0.274. The molecule has 0 aliphatic carbocycles. The lowest BCUT2D eigenvalue weighted by Gasteiger charge is -2.15. The fourth-order valence-corrected chi connectivity index (χ4v) is 1.44. The minimum atomic E-state index is -4.72. The number of ether oxygens (including phenoxy) is 1. The summed E-state index contributed by atoms with van der Waals surface area (Å²) in [5.41, 5.74) is 6.39. The molecule has 19 heavy (non-hydrogen) atoms. The highest BCUT2D eigenvalue weighted by atomic mass is 19.4. The Morgan fingerprint density at radius 3 is 2.11 bits per heavy atom. The van der Waals surface area contributed by atoms with Gasteiger partial charge in [-0.3, -0.25) is 5.43 Å². The highest BCUT2D eigenvalue weighted by molar-refractivity contribution is 5.60. The molecule has 0 aliphatic heterocycles. The summed E-state index contributed by atoms with van der Waals surface area (Å²) in [7, 11) is 0. The van der Waals surface area contributed by atoms with Gasteiger partial charge in [0.25, 0.3) is 0 Å². The predicted octanol–water partition coefficient (Wildman–Crippen LogP) is 4.02. The predicted molar refractivity (Wildman–Crippen MR) is 66.8 cm³/mol. The molecule has 3 nitrogen and oxygen atoms in total. The summed E-state index contributed by atoms with van der Waals surface area (Å²) in [5, 5.41) is 0. The average molecular weight is 268 g/mol. The van der Waals surface area contributed by atoms with Gasteiger partial charge in [0.15, 0.2) is 5.75 Å². The highest BCUT2D eigenvalue weighted by Gasteiger charge is 2.32. The molecule has 6 heteroatoms. The molecule has 100 valence electrons. The van der Waals surface area contributed by atoms with Crippen LogP contribution in [0.1, 0.15) is 0 Å². The molecule has 0 aromatic heterocycles. The largest absolute Gasteiger partial charge is 0.573 e. The van der Waals surface area contributed by atoms with Gasteiger partial charge in [-0.2, -0.15) is 0 Å². The Hall–Kier alpha value is -2.37. The van der Waals surface area contributed by atoms with Gasteiger partial charge in [-0.25, -0.2) is 0 Å². The number of rotatable bonds is 4. The Balaban J connectivity index is 2.08. The molecule has 0 amide bonds. The molecule has 2 rings (SSSR count). The first kappa shape index (κ1) is 13.1. The fourth-order valence-electron chi connectivity index (χ4n) is 1.44.